The Bertz CT molecular complexity index is 1280. The van der Waals surface area contributed by atoms with Crippen molar-refractivity contribution in [3.8, 4) is 0 Å². The average molecular weight is 563 g/mol. The summed E-state index contributed by atoms with van der Waals surface area (Å²) < 4.78 is 26.5. The topological polar surface area (TPSA) is 87.2 Å². The smallest absolute Gasteiger partial charge is 0.228 e. The number of alkyl halides is 1. The maximum absolute atomic E-state index is 12.8. The van der Waals surface area contributed by atoms with Crippen LogP contribution in [0.15, 0.2) is 47.4 Å². The molecule has 1 fully saturated rings. The second-order valence-electron chi connectivity index (χ2n) is 8.69. The summed E-state index contributed by atoms with van der Waals surface area (Å²) in [6.07, 6.45) is 2.30. The minimum Gasteiger partial charge on any atom is -0.368 e. The summed E-state index contributed by atoms with van der Waals surface area (Å²) in [4.78, 5) is 12.1. The number of aryl methyl sites for hydroxylation is 1. The number of aromatic nitrogens is 2. The first-order chi connectivity index (χ1) is 15.4. The summed E-state index contributed by atoms with van der Waals surface area (Å²) in [6, 6.07) is 13.4. The minimum atomic E-state index is -3.33. The van der Waals surface area contributed by atoms with E-state index in [1.54, 1.807) is 12.1 Å². The Morgan fingerprint density at radius 1 is 1.16 bits per heavy atom. The summed E-state index contributed by atoms with van der Waals surface area (Å²) >= 11 is 2.35. The van der Waals surface area contributed by atoms with Crippen molar-refractivity contribution in [2.75, 3.05) is 33.6 Å². The van der Waals surface area contributed by atoms with Crippen LogP contribution in [0.1, 0.15) is 24.0 Å². The molecule has 1 aromatic heterocycles. The first-order valence-corrected chi connectivity index (χ1v) is 14.0. The van der Waals surface area contributed by atoms with Gasteiger partial charge in [0, 0.05) is 35.1 Å². The summed E-state index contributed by atoms with van der Waals surface area (Å²) in [7, 11) is -3.33. The van der Waals surface area contributed by atoms with Crippen LogP contribution in [0.25, 0.3) is 10.9 Å². The van der Waals surface area contributed by atoms with Crippen LogP contribution in [0.4, 0.5) is 11.8 Å². The number of sulfone groups is 1. The third kappa shape index (κ3) is 4.29. The van der Waals surface area contributed by atoms with Gasteiger partial charge in [-0.05, 0) is 43.5 Å². The van der Waals surface area contributed by atoms with Crippen LogP contribution >= 0.6 is 22.6 Å². The van der Waals surface area contributed by atoms with Crippen LogP contribution in [0.3, 0.4) is 0 Å². The van der Waals surface area contributed by atoms with Crippen molar-refractivity contribution >= 4 is 55.1 Å². The molecule has 7 nitrogen and oxygen atoms in total. The molecule has 0 bridgehead atoms. The molecule has 0 saturated heterocycles. The molecule has 3 aromatic rings. The fourth-order valence-electron chi connectivity index (χ4n) is 4.20. The lowest BCUT2D eigenvalue weighted by Crippen LogP contribution is -2.37. The Morgan fingerprint density at radius 3 is 2.75 bits per heavy atom. The second kappa shape index (κ2) is 8.42. The fourth-order valence-corrected chi connectivity index (χ4v) is 6.51. The second-order valence-corrected chi connectivity index (χ2v) is 11.5. The average Bonchev–Trinajstić information content (AvgIpc) is 3.56. The van der Waals surface area contributed by atoms with E-state index in [2.05, 4.69) is 46.2 Å². The van der Waals surface area contributed by atoms with Gasteiger partial charge in [-0.15, -0.1) is 0 Å². The van der Waals surface area contributed by atoms with Gasteiger partial charge >= 0.3 is 0 Å². The number of benzene rings is 2. The van der Waals surface area contributed by atoms with E-state index in [0.717, 1.165) is 51.8 Å². The van der Waals surface area contributed by atoms with Crippen molar-refractivity contribution in [1.82, 2.24) is 15.3 Å². The molecule has 0 spiro atoms. The van der Waals surface area contributed by atoms with Gasteiger partial charge < -0.3 is 15.5 Å². The number of hydrogen-bond acceptors (Lipinski definition) is 7. The summed E-state index contributed by atoms with van der Waals surface area (Å²) in [5.41, 5.74) is 2.93. The Kier molecular flexibility index (Phi) is 5.75. The van der Waals surface area contributed by atoms with Crippen molar-refractivity contribution in [2.45, 2.75) is 36.7 Å². The summed E-state index contributed by atoms with van der Waals surface area (Å²) in [6.45, 7) is 3.68. The van der Waals surface area contributed by atoms with E-state index in [1.165, 1.54) is 0 Å². The molecule has 2 heterocycles. The highest BCUT2D eigenvalue weighted by molar-refractivity contribution is 14.1. The Morgan fingerprint density at radius 2 is 1.97 bits per heavy atom. The van der Waals surface area contributed by atoms with E-state index in [-0.39, 0.29) is 11.3 Å². The Labute approximate surface area is 202 Å². The van der Waals surface area contributed by atoms with E-state index in [4.69, 9.17) is 9.97 Å². The maximum Gasteiger partial charge on any atom is 0.228 e. The zero-order chi connectivity index (χ0) is 22.3. The van der Waals surface area contributed by atoms with Gasteiger partial charge in [-0.1, -0.05) is 52.4 Å². The highest BCUT2D eigenvalue weighted by Gasteiger charge is 2.41. The number of hydrogen-bond donors (Lipinski definition) is 2. The third-order valence-corrected chi connectivity index (χ3v) is 8.48. The number of nitrogens with zero attached hydrogens (tertiary/aromatic N) is 3. The predicted molar refractivity (Wildman–Crippen MR) is 136 cm³/mol. The van der Waals surface area contributed by atoms with Gasteiger partial charge in [0.05, 0.1) is 16.2 Å². The number of rotatable bonds is 6. The predicted octanol–water partition coefficient (Wildman–Crippen LogP) is 3.66. The quantitative estimate of drug-likeness (QED) is 0.269. The highest BCUT2D eigenvalue weighted by Crippen LogP contribution is 2.36. The molecule has 2 aliphatic rings. The third-order valence-electron chi connectivity index (χ3n) is 6.31. The van der Waals surface area contributed by atoms with Gasteiger partial charge in [-0.3, -0.25) is 0 Å². The lowest BCUT2D eigenvalue weighted by atomic mass is 10.1. The normalized spacial score (nSPS) is 18.8. The van der Waals surface area contributed by atoms with Gasteiger partial charge in [0.1, 0.15) is 5.82 Å². The van der Waals surface area contributed by atoms with Crippen LogP contribution in [-0.2, 0) is 16.4 Å². The molecule has 1 saturated carbocycles. The summed E-state index contributed by atoms with van der Waals surface area (Å²) in [5, 5.41) is 8.13. The van der Waals surface area contributed by atoms with E-state index in [0.29, 0.717) is 23.9 Å². The molecular formula is C23H26IN5O2S. The SMILES string of the molecule is Cc1ccc2nc(N3CCS(=O)(=O)c4ccccc4C3)nc(NCC3(NCI)CC3)c2c1. The van der Waals surface area contributed by atoms with Crippen molar-refractivity contribution in [3.63, 3.8) is 0 Å². The van der Waals surface area contributed by atoms with Crippen molar-refractivity contribution in [3.05, 3.63) is 53.6 Å². The molecule has 1 aliphatic heterocycles. The van der Waals surface area contributed by atoms with Crippen LogP contribution in [-0.4, -0.2) is 47.3 Å². The molecule has 9 heteroatoms. The van der Waals surface area contributed by atoms with Crippen LogP contribution < -0.4 is 15.5 Å². The van der Waals surface area contributed by atoms with Crippen LogP contribution in [0, 0.1) is 6.92 Å². The lowest BCUT2D eigenvalue weighted by Gasteiger charge is -2.23. The Balaban J connectivity index is 1.52. The highest BCUT2D eigenvalue weighted by atomic mass is 127. The standard InChI is InChI=1S/C23H26IN5O2S/c1-16-6-7-19-18(12-16)21(25-14-23(8-9-23)26-15-24)28-22(27-19)29-10-11-32(30,31)20-5-3-2-4-17(20)13-29/h2-7,12,26H,8-11,13-15H2,1H3,(H,25,27,28). The van der Waals surface area contributed by atoms with Crippen LogP contribution in [0.5, 0.6) is 0 Å². The molecule has 0 amide bonds. The molecule has 0 unspecified atom stereocenters. The van der Waals surface area contributed by atoms with Gasteiger partial charge in [-0.25, -0.2) is 13.4 Å². The number of fused-ring (bicyclic) bond motifs is 2. The van der Waals surface area contributed by atoms with Gasteiger partial charge in [-0.2, -0.15) is 4.98 Å². The van der Waals surface area contributed by atoms with E-state index >= 15 is 0 Å². The molecule has 2 N–H and O–H groups in total. The zero-order valence-corrected chi connectivity index (χ0v) is 20.9. The zero-order valence-electron chi connectivity index (χ0n) is 17.9. The minimum absolute atomic E-state index is 0.0464. The van der Waals surface area contributed by atoms with Gasteiger partial charge in [0.15, 0.2) is 9.84 Å². The molecule has 2 aromatic carbocycles. The van der Waals surface area contributed by atoms with E-state index < -0.39 is 9.84 Å². The monoisotopic (exact) mass is 563 g/mol. The molecule has 5 rings (SSSR count). The fraction of sp³-hybridized carbons (Fsp3) is 0.391. The molecule has 168 valence electrons. The number of nitrogens with one attached hydrogen (secondary N) is 2. The van der Waals surface area contributed by atoms with Crippen molar-refractivity contribution in [2.24, 2.45) is 0 Å². The first kappa shape index (κ1) is 21.8. The molecular weight excluding hydrogens is 537 g/mol. The summed E-state index contributed by atoms with van der Waals surface area (Å²) in [5.74, 6) is 1.41. The molecule has 32 heavy (non-hydrogen) atoms. The molecule has 0 radical (unpaired) electrons. The van der Waals surface area contributed by atoms with Crippen molar-refractivity contribution < 1.29 is 8.42 Å². The van der Waals surface area contributed by atoms with Gasteiger partial charge in [0.25, 0.3) is 0 Å². The van der Waals surface area contributed by atoms with E-state index in [9.17, 15) is 8.42 Å². The Hall–Kier alpha value is -1.98. The molecule has 0 atom stereocenters. The largest absolute Gasteiger partial charge is 0.368 e. The van der Waals surface area contributed by atoms with E-state index in [1.807, 2.05) is 29.2 Å². The van der Waals surface area contributed by atoms with Crippen LogP contribution in [0.2, 0.25) is 0 Å². The lowest BCUT2D eigenvalue weighted by molar-refractivity contribution is 0.573. The van der Waals surface area contributed by atoms with Gasteiger partial charge in [0.2, 0.25) is 5.95 Å². The first-order valence-electron chi connectivity index (χ1n) is 10.8. The van der Waals surface area contributed by atoms with Crippen molar-refractivity contribution in [1.29, 1.82) is 0 Å². The number of halogens is 1. The molecule has 1 aliphatic carbocycles. The number of anilines is 2. The maximum atomic E-state index is 12.8.